The second-order valence-electron chi connectivity index (χ2n) is 5.67. The number of benzene rings is 1. The number of amides is 3. The van der Waals surface area contributed by atoms with E-state index in [0.29, 0.717) is 5.16 Å². The van der Waals surface area contributed by atoms with E-state index in [4.69, 9.17) is 0 Å². The van der Waals surface area contributed by atoms with Gasteiger partial charge in [0.25, 0.3) is 0 Å². The summed E-state index contributed by atoms with van der Waals surface area (Å²) in [5, 5.41) is 13.7. The number of carbonyl (C=O) groups excluding carboxylic acids is 2. The van der Waals surface area contributed by atoms with Crippen molar-refractivity contribution in [3.05, 3.63) is 35.7 Å². The number of thioether (sulfide) groups is 1. The van der Waals surface area contributed by atoms with E-state index in [1.165, 1.54) is 11.8 Å². The Morgan fingerprint density at radius 3 is 2.67 bits per heavy atom. The number of hydrogen-bond donors (Lipinski definition) is 2. The molecular formula is C16H21N5O2S. The zero-order valence-corrected chi connectivity index (χ0v) is 15.0. The van der Waals surface area contributed by atoms with Crippen LogP contribution >= 0.6 is 11.8 Å². The van der Waals surface area contributed by atoms with E-state index < -0.39 is 6.03 Å². The summed E-state index contributed by atoms with van der Waals surface area (Å²) in [6.07, 6.45) is 0. The highest BCUT2D eigenvalue weighted by molar-refractivity contribution is 7.99. The van der Waals surface area contributed by atoms with Crippen LogP contribution in [0.5, 0.6) is 0 Å². The van der Waals surface area contributed by atoms with Crippen molar-refractivity contribution >= 4 is 23.7 Å². The fourth-order valence-electron chi connectivity index (χ4n) is 2.09. The van der Waals surface area contributed by atoms with E-state index in [9.17, 15) is 9.59 Å². The minimum Gasteiger partial charge on any atom is -0.336 e. The summed E-state index contributed by atoms with van der Waals surface area (Å²) >= 11 is 1.23. The van der Waals surface area contributed by atoms with Crippen molar-refractivity contribution in [3.8, 4) is 5.69 Å². The standard InChI is InChI=1S/C16H21N5O2S/c1-10(2)17-15(23)18-14(22)9-24-16-20-19-12(4)21(16)13-7-5-6-11(3)8-13/h5-8,10H,9H2,1-4H3,(H2,17,18,22,23). The highest BCUT2D eigenvalue weighted by Gasteiger charge is 2.15. The van der Waals surface area contributed by atoms with Gasteiger partial charge in [-0.1, -0.05) is 23.9 Å². The maximum Gasteiger partial charge on any atom is 0.321 e. The van der Waals surface area contributed by atoms with Gasteiger partial charge >= 0.3 is 6.03 Å². The lowest BCUT2D eigenvalue weighted by Gasteiger charge is -2.10. The summed E-state index contributed by atoms with van der Waals surface area (Å²) in [5.41, 5.74) is 2.07. The number of aryl methyl sites for hydroxylation is 2. The molecule has 7 nitrogen and oxygen atoms in total. The molecule has 128 valence electrons. The number of nitrogens with one attached hydrogen (secondary N) is 2. The molecule has 2 rings (SSSR count). The largest absolute Gasteiger partial charge is 0.336 e. The Morgan fingerprint density at radius 2 is 2.00 bits per heavy atom. The molecule has 0 fully saturated rings. The molecule has 0 spiro atoms. The van der Waals surface area contributed by atoms with Crippen LogP contribution in [-0.4, -0.2) is 38.5 Å². The van der Waals surface area contributed by atoms with Gasteiger partial charge in [-0.05, 0) is 45.4 Å². The summed E-state index contributed by atoms with van der Waals surface area (Å²) in [5.74, 6) is 0.436. The molecule has 1 heterocycles. The topological polar surface area (TPSA) is 88.9 Å². The lowest BCUT2D eigenvalue weighted by Crippen LogP contribution is -2.43. The quantitative estimate of drug-likeness (QED) is 0.810. The molecule has 0 aliphatic heterocycles. The second-order valence-corrected chi connectivity index (χ2v) is 6.61. The minimum absolute atomic E-state index is 0.0301. The van der Waals surface area contributed by atoms with Crippen LogP contribution in [-0.2, 0) is 4.79 Å². The molecule has 0 saturated carbocycles. The van der Waals surface area contributed by atoms with Crippen LogP contribution in [0.2, 0.25) is 0 Å². The molecule has 24 heavy (non-hydrogen) atoms. The van der Waals surface area contributed by atoms with Crippen LogP contribution in [0.1, 0.15) is 25.2 Å². The third-order valence-corrected chi connectivity index (χ3v) is 3.99. The molecule has 2 aromatic rings. The Morgan fingerprint density at radius 1 is 1.25 bits per heavy atom. The van der Waals surface area contributed by atoms with Crippen molar-refractivity contribution in [1.82, 2.24) is 25.4 Å². The van der Waals surface area contributed by atoms with Gasteiger partial charge in [0.1, 0.15) is 5.82 Å². The molecule has 0 atom stereocenters. The first kappa shape index (κ1) is 18.0. The second kappa shape index (κ2) is 7.96. The average Bonchev–Trinajstić information content (AvgIpc) is 2.85. The smallest absolute Gasteiger partial charge is 0.321 e. The fraction of sp³-hybridized carbons (Fsp3) is 0.375. The van der Waals surface area contributed by atoms with Gasteiger partial charge in [-0.25, -0.2) is 4.79 Å². The van der Waals surface area contributed by atoms with E-state index >= 15 is 0 Å². The third-order valence-electron chi connectivity index (χ3n) is 3.06. The zero-order valence-electron chi connectivity index (χ0n) is 14.2. The number of carbonyl (C=O) groups is 2. The van der Waals surface area contributed by atoms with Crippen LogP contribution in [0.15, 0.2) is 29.4 Å². The van der Waals surface area contributed by atoms with Crippen molar-refractivity contribution < 1.29 is 9.59 Å². The first-order valence-electron chi connectivity index (χ1n) is 7.59. The number of urea groups is 1. The molecule has 0 radical (unpaired) electrons. The van der Waals surface area contributed by atoms with Gasteiger partial charge in [0.15, 0.2) is 5.16 Å². The number of aromatic nitrogens is 3. The number of rotatable bonds is 5. The first-order valence-corrected chi connectivity index (χ1v) is 8.57. The van der Waals surface area contributed by atoms with E-state index in [2.05, 4.69) is 20.8 Å². The van der Waals surface area contributed by atoms with Gasteiger partial charge in [0.05, 0.1) is 5.75 Å². The zero-order chi connectivity index (χ0) is 17.7. The van der Waals surface area contributed by atoms with Crippen LogP contribution in [0.4, 0.5) is 4.79 Å². The van der Waals surface area contributed by atoms with Crippen molar-refractivity contribution in [1.29, 1.82) is 0 Å². The van der Waals surface area contributed by atoms with Gasteiger partial charge in [0, 0.05) is 11.7 Å². The van der Waals surface area contributed by atoms with Crippen molar-refractivity contribution in [2.75, 3.05) is 5.75 Å². The van der Waals surface area contributed by atoms with Crippen molar-refractivity contribution in [2.24, 2.45) is 0 Å². The Hall–Kier alpha value is -2.35. The summed E-state index contributed by atoms with van der Waals surface area (Å²) in [6.45, 7) is 7.52. The van der Waals surface area contributed by atoms with Gasteiger partial charge in [-0.3, -0.25) is 14.7 Å². The van der Waals surface area contributed by atoms with Crippen LogP contribution in [0.3, 0.4) is 0 Å². The van der Waals surface area contributed by atoms with E-state index in [1.807, 2.05) is 56.5 Å². The Kier molecular flexibility index (Phi) is 5.97. The normalized spacial score (nSPS) is 10.7. The molecule has 1 aromatic heterocycles. The molecule has 0 saturated heterocycles. The van der Waals surface area contributed by atoms with E-state index in [-0.39, 0.29) is 17.7 Å². The Labute approximate surface area is 145 Å². The third kappa shape index (κ3) is 4.82. The molecule has 0 aliphatic carbocycles. The fourth-order valence-corrected chi connectivity index (χ4v) is 2.89. The predicted molar refractivity (Wildman–Crippen MR) is 93.4 cm³/mol. The van der Waals surface area contributed by atoms with Crippen LogP contribution in [0, 0.1) is 13.8 Å². The maximum absolute atomic E-state index is 11.9. The summed E-state index contributed by atoms with van der Waals surface area (Å²) in [7, 11) is 0. The van der Waals surface area contributed by atoms with E-state index in [0.717, 1.165) is 17.1 Å². The Bertz CT molecular complexity index is 742. The van der Waals surface area contributed by atoms with Crippen molar-refractivity contribution in [3.63, 3.8) is 0 Å². The molecule has 8 heteroatoms. The van der Waals surface area contributed by atoms with Gasteiger partial charge in [-0.15, -0.1) is 10.2 Å². The molecule has 0 aliphatic rings. The number of imide groups is 1. The van der Waals surface area contributed by atoms with Crippen LogP contribution < -0.4 is 10.6 Å². The monoisotopic (exact) mass is 347 g/mol. The van der Waals surface area contributed by atoms with Crippen molar-refractivity contribution in [2.45, 2.75) is 38.9 Å². The molecular weight excluding hydrogens is 326 g/mol. The highest BCUT2D eigenvalue weighted by Crippen LogP contribution is 2.22. The first-order chi connectivity index (χ1) is 11.4. The lowest BCUT2D eigenvalue weighted by molar-refractivity contribution is -0.117. The molecule has 3 amide bonds. The molecule has 2 N–H and O–H groups in total. The van der Waals surface area contributed by atoms with Gasteiger partial charge in [0.2, 0.25) is 5.91 Å². The molecule has 0 unspecified atom stereocenters. The lowest BCUT2D eigenvalue weighted by atomic mass is 10.2. The van der Waals surface area contributed by atoms with Gasteiger partial charge < -0.3 is 5.32 Å². The van der Waals surface area contributed by atoms with E-state index in [1.54, 1.807) is 0 Å². The Balaban J connectivity index is 2.04. The maximum atomic E-state index is 11.9. The number of hydrogen-bond acceptors (Lipinski definition) is 5. The summed E-state index contributed by atoms with van der Waals surface area (Å²) in [4.78, 5) is 23.4. The SMILES string of the molecule is Cc1cccc(-n2c(C)nnc2SCC(=O)NC(=O)NC(C)C)c1. The highest BCUT2D eigenvalue weighted by atomic mass is 32.2. The molecule has 1 aromatic carbocycles. The molecule has 0 bridgehead atoms. The minimum atomic E-state index is -0.494. The predicted octanol–water partition coefficient (Wildman–Crippen LogP) is 2.21. The van der Waals surface area contributed by atoms with Gasteiger partial charge in [-0.2, -0.15) is 0 Å². The summed E-state index contributed by atoms with van der Waals surface area (Å²) < 4.78 is 1.89. The van der Waals surface area contributed by atoms with Crippen LogP contribution in [0.25, 0.3) is 5.69 Å². The number of nitrogens with zero attached hydrogens (tertiary/aromatic N) is 3. The average molecular weight is 347 g/mol. The summed E-state index contributed by atoms with van der Waals surface area (Å²) in [6, 6.07) is 7.43.